The highest BCUT2D eigenvalue weighted by atomic mass is 19.1. The van der Waals surface area contributed by atoms with Crippen LogP contribution in [-0.4, -0.2) is 39.3 Å². The van der Waals surface area contributed by atoms with Crippen molar-refractivity contribution < 1.29 is 4.39 Å². The van der Waals surface area contributed by atoms with Crippen molar-refractivity contribution in [2.24, 2.45) is 0 Å². The van der Waals surface area contributed by atoms with Gasteiger partial charge < -0.3 is 14.7 Å². The summed E-state index contributed by atoms with van der Waals surface area (Å²) >= 11 is 0. The molecule has 4 rings (SSSR count). The maximum absolute atomic E-state index is 15.4. The van der Waals surface area contributed by atoms with E-state index in [1.54, 1.807) is 0 Å². The number of nitrogens with zero attached hydrogens (tertiary/aromatic N) is 5. The average Bonchev–Trinajstić information content (AvgIpc) is 3.19. The van der Waals surface area contributed by atoms with Crippen molar-refractivity contribution in [3.63, 3.8) is 0 Å². The number of benzene rings is 1. The Kier molecular flexibility index (Phi) is 4.15. The fourth-order valence-electron chi connectivity index (χ4n) is 5.14. The zero-order valence-electron chi connectivity index (χ0n) is 15.4. The van der Waals surface area contributed by atoms with Crippen LogP contribution < -0.4 is 14.7 Å². The lowest BCUT2D eigenvalue weighted by atomic mass is 9.84. The molecule has 1 aromatic rings. The molecule has 2 atom stereocenters. The second kappa shape index (κ2) is 6.36. The second-order valence-electron chi connectivity index (χ2n) is 7.67. The number of fused-ring (bicyclic) bond motifs is 2. The lowest BCUT2D eigenvalue weighted by molar-refractivity contribution is 0.353. The maximum atomic E-state index is 15.4. The van der Waals surface area contributed by atoms with E-state index in [-0.39, 0.29) is 11.6 Å². The molecule has 2 fully saturated rings. The van der Waals surface area contributed by atoms with E-state index in [1.807, 2.05) is 19.0 Å². The highest BCUT2D eigenvalue weighted by Gasteiger charge is 2.42. The van der Waals surface area contributed by atoms with Crippen LogP contribution in [-0.2, 0) is 0 Å². The molecule has 0 amide bonds. The predicted molar refractivity (Wildman–Crippen MR) is 100 cm³/mol. The Morgan fingerprint density at radius 1 is 0.808 bits per heavy atom. The Balaban J connectivity index is 2.00. The van der Waals surface area contributed by atoms with Crippen LogP contribution in [0.25, 0.3) is 0 Å². The first-order chi connectivity index (χ1) is 12.6. The molecule has 0 N–H and O–H groups in total. The van der Waals surface area contributed by atoms with Crippen molar-refractivity contribution in [1.82, 2.24) is 0 Å². The molecule has 2 unspecified atom stereocenters. The molecule has 1 saturated carbocycles. The molecule has 2 heterocycles. The summed E-state index contributed by atoms with van der Waals surface area (Å²) in [5.41, 5.74) is 2.12. The van der Waals surface area contributed by atoms with Gasteiger partial charge in [0.25, 0.3) is 0 Å². The molecule has 136 valence electrons. The number of nitriles is 2. The van der Waals surface area contributed by atoms with E-state index in [1.165, 1.54) is 6.42 Å². The van der Waals surface area contributed by atoms with E-state index in [9.17, 15) is 10.5 Å². The number of likely N-dealkylation sites (N-methyl/N-ethyl adjacent to an activating group) is 2. The van der Waals surface area contributed by atoms with E-state index >= 15 is 4.39 Å². The van der Waals surface area contributed by atoms with E-state index in [0.29, 0.717) is 23.0 Å². The summed E-state index contributed by atoms with van der Waals surface area (Å²) in [6, 6.07) is 4.95. The van der Waals surface area contributed by atoms with E-state index in [4.69, 9.17) is 0 Å². The number of halogens is 1. The molecular weight excluding hydrogens is 329 g/mol. The van der Waals surface area contributed by atoms with Crippen molar-refractivity contribution in [2.75, 3.05) is 41.9 Å². The topological polar surface area (TPSA) is 57.3 Å². The monoisotopic (exact) mass is 353 g/mol. The van der Waals surface area contributed by atoms with Crippen molar-refractivity contribution in [1.29, 1.82) is 10.5 Å². The molecule has 0 spiro atoms. The minimum absolute atomic E-state index is 0.0827. The van der Waals surface area contributed by atoms with Gasteiger partial charge in [-0.1, -0.05) is 12.8 Å². The van der Waals surface area contributed by atoms with Crippen LogP contribution >= 0.6 is 0 Å². The fraction of sp³-hybridized carbons (Fsp3) is 0.600. The third-order valence-corrected chi connectivity index (χ3v) is 6.40. The van der Waals surface area contributed by atoms with E-state index in [2.05, 4.69) is 21.9 Å². The zero-order valence-corrected chi connectivity index (χ0v) is 15.4. The maximum Gasteiger partial charge on any atom is 0.167 e. The Labute approximate surface area is 154 Å². The standard InChI is InChI=1S/C20H24FN5/c1-24-15-7-3-4-8-16(15)25(2)20-14(12-23)18(26-9-5-6-10-26)17(21)13(11-22)19(20)24/h15-16H,3-10H2,1-2H3. The van der Waals surface area contributed by atoms with Gasteiger partial charge in [0.05, 0.1) is 17.1 Å². The molecule has 0 aromatic heterocycles. The predicted octanol–water partition coefficient (Wildman–Crippen LogP) is 3.37. The van der Waals surface area contributed by atoms with Gasteiger partial charge in [-0.25, -0.2) is 4.39 Å². The number of hydrogen-bond donors (Lipinski definition) is 0. The quantitative estimate of drug-likeness (QED) is 0.775. The molecule has 5 nitrogen and oxygen atoms in total. The summed E-state index contributed by atoms with van der Waals surface area (Å²) in [7, 11) is 3.95. The lowest BCUT2D eigenvalue weighted by Crippen LogP contribution is -2.55. The van der Waals surface area contributed by atoms with Crippen LogP contribution in [0.1, 0.15) is 49.7 Å². The first kappa shape index (κ1) is 17.0. The lowest BCUT2D eigenvalue weighted by Gasteiger charge is -2.50. The number of hydrogen-bond acceptors (Lipinski definition) is 5. The van der Waals surface area contributed by atoms with Crippen molar-refractivity contribution >= 4 is 17.1 Å². The molecule has 0 radical (unpaired) electrons. The summed E-state index contributed by atoms with van der Waals surface area (Å²) in [4.78, 5) is 6.16. The fourth-order valence-corrected chi connectivity index (χ4v) is 5.14. The summed E-state index contributed by atoms with van der Waals surface area (Å²) in [5.74, 6) is -0.529. The molecule has 2 aliphatic heterocycles. The Morgan fingerprint density at radius 2 is 1.31 bits per heavy atom. The Bertz CT molecular complexity index is 815. The molecular formula is C20H24FN5. The minimum atomic E-state index is -0.529. The van der Waals surface area contributed by atoms with Crippen LogP contribution in [0.5, 0.6) is 0 Å². The van der Waals surface area contributed by atoms with E-state index < -0.39 is 5.82 Å². The Hall–Kier alpha value is -2.47. The van der Waals surface area contributed by atoms with Gasteiger partial charge in [0, 0.05) is 39.3 Å². The third-order valence-electron chi connectivity index (χ3n) is 6.40. The average molecular weight is 353 g/mol. The molecule has 1 aliphatic carbocycles. The van der Waals surface area contributed by atoms with Gasteiger partial charge in [-0.3, -0.25) is 0 Å². The minimum Gasteiger partial charge on any atom is -0.368 e. The molecule has 0 bridgehead atoms. The summed E-state index contributed by atoms with van der Waals surface area (Å²) in [5, 5.41) is 19.7. The highest BCUT2D eigenvalue weighted by molar-refractivity contribution is 5.91. The van der Waals surface area contributed by atoms with Gasteiger partial charge in [-0.2, -0.15) is 10.5 Å². The van der Waals surface area contributed by atoms with Crippen LogP contribution in [0.3, 0.4) is 0 Å². The molecule has 26 heavy (non-hydrogen) atoms. The van der Waals surface area contributed by atoms with Crippen LogP contribution in [0, 0.1) is 28.5 Å². The molecule has 1 aromatic carbocycles. The number of anilines is 3. The van der Waals surface area contributed by atoms with E-state index in [0.717, 1.165) is 50.9 Å². The first-order valence-corrected chi connectivity index (χ1v) is 9.50. The van der Waals surface area contributed by atoms with Gasteiger partial charge >= 0.3 is 0 Å². The summed E-state index contributed by atoms with van der Waals surface area (Å²) in [6.45, 7) is 1.47. The summed E-state index contributed by atoms with van der Waals surface area (Å²) in [6.07, 6.45) is 6.40. The SMILES string of the molecule is CN1c2c(C#N)c(F)c(N3CCCC3)c(C#N)c2N(C)C2CCCCC21. The molecule has 6 heteroatoms. The Morgan fingerprint density at radius 3 is 1.81 bits per heavy atom. The summed E-state index contributed by atoms with van der Waals surface area (Å²) < 4.78 is 15.4. The van der Waals surface area contributed by atoms with Gasteiger partial charge in [0.2, 0.25) is 0 Å². The normalized spacial score (nSPS) is 24.7. The number of rotatable bonds is 1. The van der Waals surface area contributed by atoms with Gasteiger partial charge in [0.1, 0.15) is 23.3 Å². The smallest absolute Gasteiger partial charge is 0.167 e. The molecule has 1 saturated heterocycles. The van der Waals surface area contributed by atoms with Crippen LogP contribution in [0.4, 0.5) is 21.5 Å². The van der Waals surface area contributed by atoms with Gasteiger partial charge in [-0.15, -0.1) is 0 Å². The first-order valence-electron chi connectivity index (χ1n) is 9.50. The van der Waals surface area contributed by atoms with Gasteiger partial charge in [0.15, 0.2) is 5.82 Å². The molecule has 3 aliphatic rings. The highest BCUT2D eigenvalue weighted by Crippen LogP contribution is 2.49. The van der Waals surface area contributed by atoms with Crippen molar-refractivity contribution in [3.05, 3.63) is 16.9 Å². The van der Waals surface area contributed by atoms with Crippen LogP contribution in [0.2, 0.25) is 0 Å². The largest absolute Gasteiger partial charge is 0.368 e. The third kappa shape index (κ3) is 2.25. The van der Waals surface area contributed by atoms with Crippen molar-refractivity contribution in [3.8, 4) is 12.1 Å². The van der Waals surface area contributed by atoms with Crippen molar-refractivity contribution in [2.45, 2.75) is 50.6 Å². The van der Waals surface area contributed by atoms with Gasteiger partial charge in [-0.05, 0) is 25.7 Å². The second-order valence-corrected chi connectivity index (χ2v) is 7.67. The zero-order chi connectivity index (χ0) is 18.4. The van der Waals surface area contributed by atoms with Crippen LogP contribution in [0.15, 0.2) is 0 Å².